The van der Waals surface area contributed by atoms with Crippen LogP contribution in [0.3, 0.4) is 0 Å². The van der Waals surface area contributed by atoms with E-state index in [0.717, 1.165) is 21.0 Å². The Labute approximate surface area is 184 Å². The molecule has 0 aliphatic heterocycles. The van der Waals surface area contributed by atoms with E-state index in [4.69, 9.17) is 4.42 Å². The number of hydrogen-bond acceptors (Lipinski definition) is 6. The molecule has 0 radical (unpaired) electrons. The van der Waals surface area contributed by atoms with Gasteiger partial charge in [0.15, 0.2) is 5.76 Å². The van der Waals surface area contributed by atoms with Gasteiger partial charge < -0.3 is 9.73 Å². The smallest absolute Gasteiger partial charge is 0.291 e. The lowest BCUT2D eigenvalue weighted by molar-refractivity contribution is 0.0998. The number of aromatic nitrogens is 1. The number of anilines is 1. The Morgan fingerprint density at radius 3 is 2.67 bits per heavy atom. The van der Waals surface area contributed by atoms with E-state index in [1.807, 2.05) is 36.6 Å². The number of furan rings is 1. The van der Waals surface area contributed by atoms with Crippen LogP contribution in [-0.2, 0) is 5.75 Å². The van der Waals surface area contributed by atoms with Crippen LogP contribution >= 0.6 is 34.9 Å². The van der Waals surface area contributed by atoms with Gasteiger partial charge in [0.25, 0.3) is 11.7 Å². The molecule has 4 rings (SSSR count). The second-order valence-corrected chi connectivity index (χ2v) is 9.45. The van der Waals surface area contributed by atoms with Gasteiger partial charge >= 0.3 is 0 Å². The largest absolute Gasteiger partial charge is 0.451 e. The van der Waals surface area contributed by atoms with Gasteiger partial charge in [-0.25, -0.2) is 4.98 Å². The van der Waals surface area contributed by atoms with Crippen molar-refractivity contribution in [1.29, 1.82) is 0 Å². The molecule has 30 heavy (non-hydrogen) atoms. The highest BCUT2D eigenvalue weighted by Gasteiger charge is 2.21. The van der Waals surface area contributed by atoms with E-state index >= 15 is 0 Å². The maximum absolute atomic E-state index is 12.9. The van der Waals surface area contributed by atoms with Crippen LogP contribution in [0.25, 0.3) is 11.0 Å². The van der Waals surface area contributed by atoms with Crippen LogP contribution in [0.4, 0.5) is 14.5 Å². The Kier molecular flexibility index (Phi) is 6.40. The van der Waals surface area contributed by atoms with Crippen molar-refractivity contribution in [2.75, 3.05) is 5.32 Å². The van der Waals surface area contributed by atoms with Crippen molar-refractivity contribution in [2.24, 2.45) is 0 Å². The summed E-state index contributed by atoms with van der Waals surface area (Å²) in [6.07, 6.45) is 0. The van der Waals surface area contributed by atoms with Crippen molar-refractivity contribution in [3.05, 3.63) is 70.9 Å². The van der Waals surface area contributed by atoms with Crippen molar-refractivity contribution >= 4 is 57.4 Å². The Morgan fingerprint density at radius 1 is 1.20 bits per heavy atom. The zero-order valence-electron chi connectivity index (χ0n) is 15.7. The number of nitrogens with one attached hydrogen (secondary N) is 1. The number of amides is 1. The quantitative estimate of drug-likeness (QED) is 0.298. The maximum Gasteiger partial charge on any atom is 0.291 e. The topological polar surface area (TPSA) is 55.1 Å². The van der Waals surface area contributed by atoms with E-state index in [1.54, 1.807) is 47.4 Å². The molecular formula is C21H16F2N2O2S3. The molecule has 154 valence electrons. The average Bonchev–Trinajstić information content (AvgIpc) is 3.30. The van der Waals surface area contributed by atoms with Gasteiger partial charge in [0.05, 0.1) is 0 Å². The number of thioether (sulfide) groups is 2. The standard InChI is InChI=1S/C21H16F2N2O2S3/c1-12-10-28-21(24-12)29-11-16-15-4-2-3-5-17(15)27-18(16)19(26)25-13-6-8-14(9-7-13)30-20(22)23/h2-10,20H,11H2,1H3,(H,25,26). The lowest BCUT2D eigenvalue weighted by Crippen LogP contribution is -2.12. The number of alkyl halides is 2. The monoisotopic (exact) mass is 462 g/mol. The second kappa shape index (κ2) is 9.20. The summed E-state index contributed by atoms with van der Waals surface area (Å²) in [5.74, 6) is -2.09. The van der Waals surface area contributed by atoms with E-state index in [-0.39, 0.29) is 11.7 Å². The number of halogens is 2. The van der Waals surface area contributed by atoms with Crippen molar-refractivity contribution in [2.45, 2.75) is 27.7 Å². The summed E-state index contributed by atoms with van der Waals surface area (Å²) in [5, 5.41) is 5.66. The lowest BCUT2D eigenvalue weighted by Gasteiger charge is -2.06. The molecule has 0 fully saturated rings. The fraction of sp³-hybridized carbons (Fsp3) is 0.143. The van der Waals surface area contributed by atoms with Crippen molar-refractivity contribution in [1.82, 2.24) is 4.98 Å². The molecule has 0 aliphatic rings. The van der Waals surface area contributed by atoms with Gasteiger partial charge in [-0.2, -0.15) is 8.78 Å². The SMILES string of the molecule is Cc1csc(SCc2c(C(=O)Nc3ccc(SC(F)F)cc3)oc3ccccc23)n1. The van der Waals surface area contributed by atoms with Crippen LogP contribution < -0.4 is 5.32 Å². The highest BCUT2D eigenvalue weighted by molar-refractivity contribution is 8.00. The predicted octanol–water partition coefficient (Wildman–Crippen LogP) is 7.06. The molecule has 1 N–H and O–H groups in total. The van der Waals surface area contributed by atoms with Crippen LogP contribution in [-0.4, -0.2) is 16.6 Å². The molecule has 2 aromatic carbocycles. The van der Waals surface area contributed by atoms with Gasteiger partial charge in [-0.05, 0) is 37.3 Å². The molecule has 0 saturated heterocycles. The second-order valence-electron chi connectivity index (χ2n) is 6.31. The Bertz CT molecular complexity index is 1170. The van der Waals surface area contributed by atoms with Gasteiger partial charge in [0.2, 0.25) is 0 Å². The predicted molar refractivity (Wildman–Crippen MR) is 119 cm³/mol. The van der Waals surface area contributed by atoms with Crippen molar-refractivity contribution in [3.8, 4) is 0 Å². The molecular weight excluding hydrogens is 446 g/mol. The van der Waals surface area contributed by atoms with Gasteiger partial charge in [-0.15, -0.1) is 11.3 Å². The molecule has 2 aromatic heterocycles. The van der Waals surface area contributed by atoms with E-state index in [0.29, 0.717) is 33.7 Å². The number of carbonyl (C=O) groups excluding carboxylic acids is 1. The van der Waals surface area contributed by atoms with E-state index in [1.165, 1.54) is 0 Å². The molecule has 0 aliphatic carbocycles. The minimum Gasteiger partial charge on any atom is -0.451 e. The number of para-hydroxylation sites is 1. The summed E-state index contributed by atoms with van der Waals surface area (Å²) in [6.45, 7) is 1.94. The molecule has 1 amide bonds. The fourth-order valence-corrected chi connectivity index (χ4v) is 5.24. The number of rotatable bonds is 7. The van der Waals surface area contributed by atoms with Crippen molar-refractivity contribution < 1.29 is 18.0 Å². The van der Waals surface area contributed by atoms with Gasteiger partial charge in [-0.1, -0.05) is 41.7 Å². The summed E-state index contributed by atoms with van der Waals surface area (Å²) < 4.78 is 31.7. The van der Waals surface area contributed by atoms with Gasteiger partial charge in [0, 0.05) is 38.4 Å². The van der Waals surface area contributed by atoms with E-state index in [2.05, 4.69) is 10.3 Å². The molecule has 2 heterocycles. The minimum atomic E-state index is -2.48. The zero-order chi connectivity index (χ0) is 21.1. The first-order chi connectivity index (χ1) is 14.5. The number of thiazole rings is 1. The normalized spacial score (nSPS) is 11.3. The molecule has 4 aromatic rings. The van der Waals surface area contributed by atoms with Crippen molar-refractivity contribution in [3.63, 3.8) is 0 Å². The fourth-order valence-electron chi connectivity index (χ4n) is 2.87. The maximum atomic E-state index is 12.9. The third kappa shape index (κ3) is 4.85. The van der Waals surface area contributed by atoms with E-state index in [9.17, 15) is 13.6 Å². The van der Waals surface area contributed by atoms with Gasteiger partial charge in [-0.3, -0.25) is 4.79 Å². The number of aryl methyl sites for hydroxylation is 1. The number of benzene rings is 2. The third-order valence-corrected chi connectivity index (χ3v) is 7.07. The first kappa shape index (κ1) is 20.9. The number of nitrogens with zero attached hydrogens (tertiary/aromatic N) is 1. The number of fused-ring (bicyclic) bond motifs is 1. The van der Waals surface area contributed by atoms with Crippen LogP contribution in [0, 0.1) is 6.92 Å². The van der Waals surface area contributed by atoms with Crippen LogP contribution in [0.15, 0.2) is 67.6 Å². The van der Waals surface area contributed by atoms with E-state index < -0.39 is 5.76 Å². The molecule has 0 saturated carbocycles. The number of carbonyl (C=O) groups is 1. The zero-order valence-corrected chi connectivity index (χ0v) is 18.2. The Hall–Kier alpha value is -2.36. The third-order valence-electron chi connectivity index (χ3n) is 4.18. The first-order valence-corrected chi connectivity index (χ1v) is 11.7. The highest BCUT2D eigenvalue weighted by atomic mass is 32.2. The summed E-state index contributed by atoms with van der Waals surface area (Å²) >= 11 is 3.58. The molecule has 4 nitrogen and oxygen atoms in total. The summed E-state index contributed by atoms with van der Waals surface area (Å²) in [6, 6.07) is 13.8. The molecule has 0 bridgehead atoms. The van der Waals surface area contributed by atoms with Crippen LogP contribution in [0.1, 0.15) is 21.8 Å². The lowest BCUT2D eigenvalue weighted by atomic mass is 10.1. The molecule has 0 unspecified atom stereocenters. The molecule has 9 heteroatoms. The highest BCUT2D eigenvalue weighted by Crippen LogP contribution is 2.34. The Balaban J connectivity index is 1.57. The Morgan fingerprint density at radius 2 is 1.97 bits per heavy atom. The average molecular weight is 463 g/mol. The minimum absolute atomic E-state index is 0.239. The molecule has 0 spiro atoms. The summed E-state index contributed by atoms with van der Waals surface area (Å²) in [4.78, 5) is 17.8. The first-order valence-electron chi connectivity index (χ1n) is 8.91. The number of hydrogen-bond donors (Lipinski definition) is 1. The summed E-state index contributed by atoms with van der Waals surface area (Å²) in [5.41, 5.74) is 2.90. The van der Waals surface area contributed by atoms with Crippen LogP contribution in [0.2, 0.25) is 0 Å². The van der Waals surface area contributed by atoms with Crippen LogP contribution in [0.5, 0.6) is 0 Å². The molecule has 0 atom stereocenters. The summed E-state index contributed by atoms with van der Waals surface area (Å²) in [7, 11) is 0. The van der Waals surface area contributed by atoms with Gasteiger partial charge in [0.1, 0.15) is 9.92 Å².